The van der Waals surface area contributed by atoms with E-state index in [-0.39, 0.29) is 48.2 Å². The van der Waals surface area contributed by atoms with Crippen molar-refractivity contribution < 1.29 is 22.7 Å². The quantitative estimate of drug-likeness (QED) is 0.479. The van der Waals surface area contributed by atoms with Gasteiger partial charge in [0.2, 0.25) is 0 Å². The Morgan fingerprint density at radius 3 is 2.47 bits per heavy atom. The summed E-state index contributed by atoms with van der Waals surface area (Å²) >= 11 is 5.94. The van der Waals surface area contributed by atoms with E-state index in [0.29, 0.717) is 16.4 Å². The molecule has 0 unspecified atom stereocenters. The van der Waals surface area contributed by atoms with E-state index < -0.39 is 6.36 Å². The molecule has 6 nitrogen and oxygen atoms in total. The van der Waals surface area contributed by atoms with Crippen molar-refractivity contribution >= 4 is 17.4 Å². The number of aromatic nitrogens is 3. The average molecular weight is 466 g/mol. The molecule has 1 aromatic heterocycles. The maximum atomic E-state index is 12.9. The van der Waals surface area contributed by atoms with Crippen LogP contribution in [0.15, 0.2) is 53.3 Å². The fraction of sp³-hybridized carbons (Fsp3) is 0.318. The highest BCUT2D eigenvalue weighted by molar-refractivity contribution is 6.30. The van der Waals surface area contributed by atoms with E-state index in [1.165, 1.54) is 18.2 Å². The summed E-state index contributed by atoms with van der Waals surface area (Å²) in [5.41, 5.74) is 0.588. The van der Waals surface area contributed by atoms with Gasteiger partial charge in [0.15, 0.2) is 11.6 Å². The molecule has 0 spiro atoms. The van der Waals surface area contributed by atoms with E-state index in [4.69, 9.17) is 11.6 Å². The highest BCUT2D eigenvalue weighted by Crippen LogP contribution is 2.36. The zero-order valence-corrected chi connectivity index (χ0v) is 17.6. The first-order valence-corrected chi connectivity index (χ1v) is 10.4. The number of carbonyl (C=O) groups excluding carboxylic acids is 1. The molecule has 1 fully saturated rings. The smallest absolute Gasteiger partial charge is 0.406 e. The molecule has 0 N–H and O–H groups in total. The molecule has 32 heavy (non-hydrogen) atoms. The van der Waals surface area contributed by atoms with Crippen molar-refractivity contribution in [3.8, 4) is 17.1 Å². The largest absolute Gasteiger partial charge is 0.573 e. The van der Waals surface area contributed by atoms with Gasteiger partial charge in [0, 0.05) is 23.0 Å². The molecule has 0 aliphatic heterocycles. The molecule has 0 bridgehead atoms. The first-order valence-electron chi connectivity index (χ1n) is 10.0. The van der Waals surface area contributed by atoms with Gasteiger partial charge in [-0.05, 0) is 55.2 Å². The van der Waals surface area contributed by atoms with Gasteiger partial charge in [-0.2, -0.15) is 0 Å². The average Bonchev–Trinajstić information content (AvgIpc) is 3.51. The van der Waals surface area contributed by atoms with Crippen LogP contribution in [-0.2, 0) is 17.8 Å². The third-order valence-corrected chi connectivity index (χ3v) is 5.33. The molecule has 168 valence electrons. The lowest BCUT2D eigenvalue weighted by molar-refractivity contribution is -0.274. The molecule has 10 heteroatoms. The monoisotopic (exact) mass is 465 g/mol. The summed E-state index contributed by atoms with van der Waals surface area (Å²) in [7, 11) is 0. The van der Waals surface area contributed by atoms with Gasteiger partial charge in [0.05, 0.1) is 0 Å². The van der Waals surface area contributed by atoms with Crippen LogP contribution < -0.4 is 10.4 Å². The second-order valence-corrected chi connectivity index (χ2v) is 8.00. The highest BCUT2D eigenvalue weighted by Gasteiger charge is 2.32. The van der Waals surface area contributed by atoms with Crippen LogP contribution in [-0.4, -0.2) is 26.5 Å². The molecule has 1 aliphatic rings. The Balaban J connectivity index is 1.49. The molecule has 2 aromatic carbocycles. The van der Waals surface area contributed by atoms with Gasteiger partial charge in [-0.1, -0.05) is 29.8 Å². The van der Waals surface area contributed by atoms with Crippen LogP contribution in [0.2, 0.25) is 5.02 Å². The molecular formula is C22H19ClF3N3O3. The molecule has 0 amide bonds. The summed E-state index contributed by atoms with van der Waals surface area (Å²) < 4.78 is 44.5. The normalized spacial score (nSPS) is 13.9. The summed E-state index contributed by atoms with van der Waals surface area (Å²) in [6.45, 7) is -0.262. The van der Waals surface area contributed by atoms with Crippen LogP contribution in [0.3, 0.4) is 0 Å². The van der Waals surface area contributed by atoms with Gasteiger partial charge in [0.1, 0.15) is 12.3 Å². The van der Waals surface area contributed by atoms with Gasteiger partial charge >= 0.3 is 12.1 Å². The van der Waals surface area contributed by atoms with E-state index in [0.717, 1.165) is 17.5 Å². The Bertz CT molecular complexity index is 1180. The molecule has 1 saturated carbocycles. The zero-order chi connectivity index (χ0) is 22.9. The minimum absolute atomic E-state index is 0.0448. The van der Waals surface area contributed by atoms with Crippen LogP contribution in [0.4, 0.5) is 13.2 Å². The Morgan fingerprint density at radius 1 is 1.12 bits per heavy atom. The Morgan fingerprint density at radius 2 is 1.81 bits per heavy atom. The molecule has 0 radical (unpaired) electrons. The number of ether oxygens (including phenoxy) is 1. The van der Waals surface area contributed by atoms with Crippen LogP contribution in [0.1, 0.15) is 30.9 Å². The van der Waals surface area contributed by atoms with Crippen molar-refractivity contribution in [1.82, 2.24) is 14.3 Å². The lowest BCUT2D eigenvalue weighted by Gasteiger charge is -2.12. The number of carbonyl (C=O) groups is 1. The molecule has 1 heterocycles. The molecule has 0 atom stereocenters. The third-order valence-electron chi connectivity index (χ3n) is 5.08. The van der Waals surface area contributed by atoms with E-state index in [1.54, 1.807) is 34.9 Å². The fourth-order valence-corrected chi connectivity index (χ4v) is 3.56. The molecular weight excluding hydrogens is 447 g/mol. The number of para-hydroxylation sites is 1. The third kappa shape index (κ3) is 5.21. The number of Topliss-reactive ketones (excluding diaryl/α,β-unsaturated/α-hetero) is 1. The number of hydrogen-bond acceptors (Lipinski definition) is 4. The lowest BCUT2D eigenvalue weighted by Crippen LogP contribution is -2.27. The van der Waals surface area contributed by atoms with Crippen molar-refractivity contribution in [3.63, 3.8) is 0 Å². The predicted octanol–water partition coefficient (Wildman–Crippen LogP) is 4.80. The van der Waals surface area contributed by atoms with Crippen LogP contribution in [0.25, 0.3) is 11.4 Å². The number of alkyl halides is 3. The highest BCUT2D eigenvalue weighted by atomic mass is 35.5. The number of benzene rings is 2. The van der Waals surface area contributed by atoms with E-state index in [2.05, 4.69) is 9.84 Å². The molecule has 4 rings (SSSR count). The molecule has 3 aromatic rings. The van der Waals surface area contributed by atoms with Crippen molar-refractivity contribution in [2.75, 3.05) is 0 Å². The van der Waals surface area contributed by atoms with Crippen molar-refractivity contribution in [2.45, 2.75) is 44.6 Å². The Hall–Kier alpha value is -3.07. The van der Waals surface area contributed by atoms with Crippen molar-refractivity contribution in [1.29, 1.82) is 0 Å². The second-order valence-electron chi connectivity index (χ2n) is 7.57. The zero-order valence-electron chi connectivity index (χ0n) is 16.8. The van der Waals surface area contributed by atoms with Crippen molar-refractivity contribution in [2.24, 2.45) is 0 Å². The first-order chi connectivity index (χ1) is 15.2. The Kier molecular flexibility index (Phi) is 6.10. The number of aryl methyl sites for hydroxylation is 1. The van der Waals surface area contributed by atoms with E-state index in [9.17, 15) is 22.8 Å². The Labute approximate surface area is 186 Å². The van der Waals surface area contributed by atoms with E-state index >= 15 is 0 Å². The maximum absolute atomic E-state index is 12.9. The minimum atomic E-state index is -4.82. The minimum Gasteiger partial charge on any atom is -0.406 e. The van der Waals surface area contributed by atoms with E-state index in [1.807, 2.05) is 0 Å². The maximum Gasteiger partial charge on any atom is 0.573 e. The van der Waals surface area contributed by atoms with Gasteiger partial charge < -0.3 is 4.74 Å². The number of nitrogens with zero attached hydrogens (tertiary/aromatic N) is 3. The number of halogens is 4. The van der Waals surface area contributed by atoms with Gasteiger partial charge in [-0.3, -0.25) is 9.36 Å². The van der Waals surface area contributed by atoms with Gasteiger partial charge in [-0.15, -0.1) is 18.3 Å². The molecule has 0 saturated heterocycles. The second kappa shape index (κ2) is 8.82. The summed E-state index contributed by atoms with van der Waals surface area (Å²) in [4.78, 5) is 25.4. The number of ketones is 1. The first kappa shape index (κ1) is 22.1. The van der Waals surface area contributed by atoms with Crippen LogP contribution >= 0.6 is 11.6 Å². The van der Waals surface area contributed by atoms with Gasteiger partial charge in [-0.25, -0.2) is 9.48 Å². The van der Waals surface area contributed by atoms with Crippen LogP contribution in [0.5, 0.6) is 5.75 Å². The predicted molar refractivity (Wildman–Crippen MR) is 112 cm³/mol. The number of hydrogen-bond donors (Lipinski definition) is 0. The summed E-state index contributed by atoms with van der Waals surface area (Å²) in [6, 6.07) is 12.6. The number of rotatable bonds is 8. The fourth-order valence-electron chi connectivity index (χ4n) is 3.44. The summed E-state index contributed by atoms with van der Waals surface area (Å²) in [5.74, 6) is -0.198. The van der Waals surface area contributed by atoms with Crippen LogP contribution in [0, 0.1) is 0 Å². The topological polar surface area (TPSA) is 66.1 Å². The SMILES string of the molecule is O=C(CCc1ccccc1OC(F)(F)F)Cn1nc(-c2ccc(Cl)cc2)n(C2CC2)c1=O. The summed E-state index contributed by atoms with van der Waals surface area (Å²) in [5, 5.41) is 4.92. The lowest BCUT2D eigenvalue weighted by atomic mass is 10.1. The summed E-state index contributed by atoms with van der Waals surface area (Å²) in [6.07, 6.45) is -3.11. The van der Waals surface area contributed by atoms with Crippen molar-refractivity contribution in [3.05, 3.63) is 69.6 Å². The standard InChI is InChI=1S/C22H19ClF3N3O3/c23-16-8-5-15(6-9-16)20-27-28(21(31)29(20)17-10-11-17)13-18(30)12-7-14-3-1-2-4-19(14)32-22(24,25)26/h1-6,8-9,17H,7,10-13H2. The van der Waals surface area contributed by atoms with Gasteiger partial charge in [0.25, 0.3) is 0 Å². The molecule has 1 aliphatic carbocycles.